The van der Waals surface area contributed by atoms with E-state index in [4.69, 9.17) is 10.00 Å². The summed E-state index contributed by atoms with van der Waals surface area (Å²) in [7, 11) is 0. The van der Waals surface area contributed by atoms with E-state index in [1.165, 1.54) is 0 Å². The molecular formula is C12H17N3O2. The molecule has 1 aromatic heterocycles. The number of nitrogens with zero attached hydrogens (tertiary/aromatic N) is 3. The molecule has 1 aliphatic carbocycles. The fourth-order valence-electron chi connectivity index (χ4n) is 1.67. The third kappa shape index (κ3) is 2.65. The highest BCUT2D eigenvalue weighted by Gasteiger charge is 2.29. The Morgan fingerprint density at radius 1 is 1.59 bits per heavy atom. The molecular weight excluding hydrogens is 218 g/mol. The van der Waals surface area contributed by atoms with Gasteiger partial charge in [-0.3, -0.25) is 0 Å². The Morgan fingerprint density at radius 3 is 2.82 bits per heavy atom. The molecule has 0 aliphatic heterocycles. The van der Waals surface area contributed by atoms with Crippen molar-refractivity contribution in [1.29, 1.82) is 5.26 Å². The first-order valence-corrected chi connectivity index (χ1v) is 5.88. The molecule has 17 heavy (non-hydrogen) atoms. The van der Waals surface area contributed by atoms with Crippen molar-refractivity contribution in [1.82, 2.24) is 9.55 Å². The molecule has 0 bridgehead atoms. The van der Waals surface area contributed by atoms with E-state index in [0.717, 1.165) is 18.5 Å². The van der Waals surface area contributed by atoms with Crippen LogP contribution in [-0.2, 0) is 4.74 Å². The Morgan fingerprint density at radius 2 is 2.29 bits per heavy atom. The zero-order chi connectivity index (χ0) is 12.4. The molecule has 1 N–H and O–H groups in total. The van der Waals surface area contributed by atoms with Gasteiger partial charge in [0.05, 0.1) is 30.4 Å². The van der Waals surface area contributed by atoms with Crippen LogP contribution in [0.1, 0.15) is 44.5 Å². The molecule has 0 spiro atoms. The molecule has 1 heterocycles. The van der Waals surface area contributed by atoms with Crippen molar-refractivity contribution in [2.45, 2.75) is 51.0 Å². The maximum atomic E-state index is 9.40. The van der Waals surface area contributed by atoms with Crippen LogP contribution in [-0.4, -0.2) is 26.9 Å². The number of hydrogen-bond donors (Lipinski definition) is 1. The second-order valence-corrected chi connectivity index (χ2v) is 4.55. The predicted octanol–water partition coefficient (Wildman–Crippen LogP) is 1.57. The van der Waals surface area contributed by atoms with E-state index in [1.807, 2.05) is 4.57 Å². The van der Waals surface area contributed by atoms with Gasteiger partial charge in [0.15, 0.2) is 6.10 Å². The van der Waals surface area contributed by atoms with Gasteiger partial charge in [0.25, 0.3) is 0 Å². The normalized spacial score (nSPS) is 20.6. The first-order valence-electron chi connectivity index (χ1n) is 5.88. The summed E-state index contributed by atoms with van der Waals surface area (Å²) >= 11 is 0. The lowest BCUT2D eigenvalue weighted by Crippen LogP contribution is -2.25. The molecule has 5 nitrogen and oxygen atoms in total. The van der Waals surface area contributed by atoms with Gasteiger partial charge in [0.1, 0.15) is 6.07 Å². The fourth-order valence-corrected chi connectivity index (χ4v) is 1.67. The van der Waals surface area contributed by atoms with E-state index in [9.17, 15) is 5.11 Å². The maximum Gasteiger partial charge on any atom is 0.185 e. The van der Waals surface area contributed by atoms with E-state index >= 15 is 0 Å². The van der Waals surface area contributed by atoms with E-state index < -0.39 is 12.2 Å². The van der Waals surface area contributed by atoms with Crippen LogP contribution < -0.4 is 0 Å². The summed E-state index contributed by atoms with van der Waals surface area (Å²) in [6.07, 6.45) is 4.04. The average molecular weight is 235 g/mol. The van der Waals surface area contributed by atoms with Crippen LogP contribution in [0.5, 0.6) is 0 Å². The number of hydrogen-bond acceptors (Lipinski definition) is 4. The van der Waals surface area contributed by atoms with E-state index in [1.54, 1.807) is 26.4 Å². The number of aromatic nitrogens is 2. The monoisotopic (exact) mass is 235 g/mol. The lowest BCUT2D eigenvalue weighted by atomic mass is 10.2. The predicted molar refractivity (Wildman–Crippen MR) is 61.1 cm³/mol. The number of nitriles is 1. The smallest absolute Gasteiger partial charge is 0.185 e. The molecule has 1 aromatic rings. The van der Waals surface area contributed by atoms with Crippen LogP contribution in [0.25, 0.3) is 0 Å². The highest BCUT2D eigenvalue weighted by molar-refractivity contribution is 5.13. The first kappa shape index (κ1) is 12.1. The van der Waals surface area contributed by atoms with Crippen molar-refractivity contribution < 1.29 is 9.84 Å². The van der Waals surface area contributed by atoms with Crippen LogP contribution in [0.3, 0.4) is 0 Å². The molecule has 3 atom stereocenters. The molecule has 1 aliphatic rings. The average Bonchev–Trinajstić information content (AvgIpc) is 3.04. The molecule has 2 rings (SSSR count). The summed E-state index contributed by atoms with van der Waals surface area (Å²) in [5.74, 6) is 0. The van der Waals surface area contributed by atoms with Crippen molar-refractivity contribution in [3.63, 3.8) is 0 Å². The van der Waals surface area contributed by atoms with Crippen molar-refractivity contribution in [2.75, 3.05) is 0 Å². The molecule has 1 saturated carbocycles. The largest absolute Gasteiger partial charge is 0.391 e. The summed E-state index contributed by atoms with van der Waals surface area (Å²) in [5.41, 5.74) is 0.780. The van der Waals surface area contributed by atoms with Gasteiger partial charge in [-0.1, -0.05) is 0 Å². The van der Waals surface area contributed by atoms with Crippen molar-refractivity contribution in [3.05, 3.63) is 18.2 Å². The summed E-state index contributed by atoms with van der Waals surface area (Å²) < 4.78 is 7.55. The van der Waals surface area contributed by atoms with Crippen LogP contribution in [0, 0.1) is 11.3 Å². The topological polar surface area (TPSA) is 71.1 Å². The number of imidazole rings is 1. The summed E-state index contributed by atoms with van der Waals surface area (Å²) in [4.78, 5) is 4.07. The van der Waals surface area contributed by atoms with Crippen molar-refractivity contribution >= 4 is 0 Å². The molecule has 3 unspecified atom stereocenters. The van der Waals surface area contributed by atoms with Crippen LogP contribution in [0.15, 0.2) is 12.5 Å². The molecule has 1 fully saturated rings. The second-order valence-electron chi connectivity index (χ2n) is 4.55. The maximum absolute atomic E-state index is 9.40. The fraction of sp³-hybridized carbons (Fsp3) is 0.667. The van der Waals surface area contributed by atoms with Crippen molar-refractivity contribution in [2.24, 2.45) is 0 Å². The molecule has 0 aromatic carbocycles. The Kier molecular flexibility index (Phi) is 3.46. The molecule has 0 amide bonds. The summed E-state index contributed by atoms with van der Waals surface area (Å²) in [5, 5.41) is 18.6. The quantitative estimate of drug-likeness (QED) is 0.840. The Hall–Kier alpha value is -1.38. The van der Waals surface area contributed by atoms with E-state index in [-0.39, 0.29) is 6.10 Å². The molecule has 5 heteroatoms. The number of rotatable bonds is 5. The van der Waals surface area contributed by atoms with E-state index in [2.05, 4.69) is 11.1 Å². The highest BCUT2D eigenvalue weighted by Crippen LogP contribution is 2.37. The Labute approximate surface area is 101 Å². The Bertz CT molecular complexity index is 418. The summed E-state index contributed by atoms with van der Waals surface area (Å²) in [6.45, 7) is 3.41. The standard InChI is InChI=1S/C12H17N3O2/c1-8(16)9(2)17-12(5-13)11-6-14-7-15(11)10-3-4-10/h6-10,12,16H,3-4H2,1-2H3. The van der Waals surface area contributed by atoms with Gasteiger partial charge >= 0.3 is 0 Å². The lowest BCUT2D eigenvalue weighted by molar-refractivity contribution is -0.0448. The minimum Gasteiger partial charge on any atom is -0.391 e. The van der Waals surface area contributed by atoms with Gasteiger partial charge in [0, 0.05) is 6.04 Å². The first-order chi connectivity index (χ1) is 8.13. The van der Waals surface area contributed by atoms with Gasteiger partial charge in [0.2, 0.25) is 0 Å². The molecule has 92 valence electrons. The van der Waals surface area contributed by atoms with Crippen molar-refractivity contribution in [3.8, 4) is 6.07 Å². The minimum absolute atomic E-state index is 0.373. The zero-order valence-electron chi connectivity index (χ0n) is 10.1. The lowest BCUT2D eigenvalue weighted by Gasteiger charge is -2.20. The van der Waals surface area contributed by atoms with Crippen LogP contribution in [0.4, 0.5) is 0 Å². The van der Waals surface area contributed by atoms with Gasteiger partial charge in [-0.05, 0) is 26.7 Å². The van der Waals surface area contributed by atoms with E-state index in [0.29, 0.717) is 6.04 Å². The van der Waals surface area contributed by atoms with Gasteiger partial charge in [-0.25, -0.2) is 4.98 Å². The zero-order valence-corrected chi connectivity index (χ0v) is 10.1. The molecule has 0 radical (unpaired) electrons. The second kappa shape index (κ2) is 4.86. The minimum atomic E-state index is -0.664. The third-order valence-electron chi connectivity index (χ3n) is 3.05. The highest BCUT2D eigenvalue weighted by atomic mass is 16.5. The van der Waals surface area contributed by atoms with Gasteiger partial charge in [-0.2, -0.15) is 5.26 Å². The number of aliphatic hydroxyl groups excluding tert-OH is 1. The Balaban J connectivity index is 2.12. The number of ether oxygens (including phenoxy) is 1. The SMILES string of the molecule is CC(O)C(C)OC(C#N)c1cncn1C1CC1. The molecule has 0 saturated heterocycles. The number of aliphatic hydroxyl groups is 1. The van der Waals surface area contributed by atoms with Gasteiger partial charge < -0.3 is 14.4 Å². The third-order valence-corrected chi connectivity index (χ3v) is 3.05. The van der Waals surface area contributed by atoms with Crippen LogP contribution >= 0.6 is 0 Å². The summed E-state index contributed by atoms with van der Waals surface area (Å²) in [6, 6.07) is 2.59. The van der Waals surface area contributed by atoms with Crippen LogP contribution in [0.2, 0.25) is 0 Å². The van der Waals surface area contributed by atoms with Gasteiger partial charge in [-0.15, -0.1) is 0 Å².